The van der Waals surface area contributed by atoms with Crippen LogP contribution >= 0.6 is 110 Å². The molecule has 6 atom stereocenters. The summed E-state index contributed by atoms with van der Waals surface area (Å²) in [6.45, 7) is 30.2. The molecule has 9 aromatic carbocycles. The van der Waals surface area contributed by atoms with Gasteiger partial charge in [-0.2, -0.15) is 10.5 Å². The number of hydrogen-bond acceptors (Lipinski definition) is 19. The number of unbranched alkanes of at least 4 members (excludes halogenated alkanes) is 3. The zero-order valence-corrected chi connectivity index (χ0v) is 85.2. The predicted molar refractivity (Wildman–Crippen MR) is 526 cm³/mol. The number of amides is 2. The van der Waals surface area contributed by atoms with Gasteiger partial charge in [-0.1, -0.05) is 160 Å². The molecule has 21 nitrogen and oxygen atoms in total. The number of rotatable bonds is 36. The molecule has 5 aliphatic rings. The molecule has 0 radical (unpaired) electrons. The number of carbonyl (C=O) groups is 4. The van der Waals surface area contributed by atoms with Gasteiger partial charge in [0.2, 0.25) is 11.8 Å². The molecule has 133 heavy (non-hydrogen) atoms. The van der Waals surface area contributed by atoms with Gasteiger partial charge in [0.25, 0.3) is 17.1 Å². The van der Waals surface area contributed by atoms with E-state index in [0.29, 0.717) is 133 Å². The Morgan fingerprint density at radius 1 is 0.504 bits per heavy atom. The SMILES string of the molecule is COc1ccc(C(OCC2C[C@@H](OP(OCCC#N)N(C(C)C)C(C)C)CN2C(=O)CCc2cc3c(c(Cl)c2C)Oc2c(cc(Cl)c(C)c2C)C32OC(=O)c3cc(Cl)c(Cl)cc32)(c2ccccc2)c2ccc(OC)cc2)cc1.Cc1c(Cl)cc2c(c1C)Oc1c(cc(CCC(=O)NCCCCCCOP(OCCC#N)N(C(C)C)C(C)C)c(C)c1Cl)C21OC(=O)c2cc(Cl)c(Cl)cc21. The molecule has 0 aromatic heterocycles. The minimum absolute atomic E-state index is 0.0581. The number of nitrogens with one attached hydrogen (secondary N) is 1. The van der Waals surface area contributed by atoms with Gasteiger partial charge in [0, 0.05) is 93.5 Å². The lowest BCUT2D eigenvalue weighted by atomic mass is 9.75. The number of aryl methyl sites for hydroxylation is 2. The van der Waals surface area contributed by atoms with Crippen molar-refractivity contribution in [3.63, 3.8) is 0 Å². The molecule has 5 heterocycles. The van der Waals surface area contributed by atoms with Crippen LogP contribution in [0.4, 0.5) is 0 Å². The van der Waals surface area contributed by atoms with E-state index in [4.69, 9.17) is 149 Å². The molecule has 0 aliphatic carbocycles. The summed E-state index contributed by atoms with van der Waals surface area (Å²) in [5, 5.41) is 24.0. The molecule has 14 rings (SSSR count). The molecular formula is C102H110Cl8N6O15P2. The van der Waals surface area contributed by atoms with Crippen LogP contribution in [0.5, 0.6) is 34.5 Å². The third-order valence-corrected chi connectivity index (χ3v) is 32.6. The zero-order valence-electron chi connectivity index (χ0n) is 77.4. The highest BCUT2D eigenvalue weighted by molar-refractivity contribution is 7.44. The second-order valence-corrected chi connectivity index (χ2v) is 40.9. The smallest absolute Gasteiger partial charge is 0.340 e. The fraction of sp³-hybridized carbons (Fsp3) is 0.412. The van der Waals surface area contributed by atoms with Crippen LogP contribution in [-0.2, 0) is 71.5 Å². The van der Waals surface area contributed by atoms with E-state index in [0.717, 1.165) is 81.3 Å². The van der Waals surface area contributed by atoms with E-state index in [2.05, 4.69) is 82.2 Å². The monoisotopic (exact) mass is 2000 g/mol. The van der Waals surface area contributed by atoms with Crippen molar-refractivity contribution in [3.8, 4) is 46.6 Å². The minimum atomic E-state index is -1.65. The first-order valence-corrected chi connectivity index (χ1v) is 49.9. The lowest BCUT2D eigenvalue weighted by Gasteiger charge is -2.39. The van der Waals surface area contributed by atoms with Gasteiger partial charge in [0.05, 0.1) is 119 Å². The number of likely N-dealkylation sites (tertiary alicyclic amines) is 1. The Morgan fingerprint density at radius 2 is 0.917 bits per heavy atom. The Bertz CT molecular complexity index is 5880. The number of ether oxygens (including phenoxy) is 7. The Labute approximate surface area is 822 Å². The number of fused-ring (bicyclic) bond motifs is 12. The minimum Gasteiger partial charge on any atom is -0.497 e. The molecule has 5 unspecified atom stereocenters. The summed E-state index contributed by atoms with van der Waals surface area (Å²) in [7, 11) is 0.365. The maximum atomic E-state index is 15.3. The molecule has 704 valence electrons. The van der Waals surface area contributed by atoms with Crippen molar-refractivity contribution >= 4 is 134 Å². The number of nitrogens with zero attached hydrogens (tertiary/aromatic N) is 5. The molecule has 1 N–H and O–H groups in total. The van der Waals surface area contributed by atoms with E-state index in [-0.39, 0.29) is 113 Å². The number of esters is 2. The molecule has 9 aromatic rings. The van der Waals surface area contributed by atoms with Crippen molar-refractivity contribution in [2.75, 3.05) is 53.7 Å². The zero-order chi connectivity index (χ0) is 96.0. The van der Waals surface area contributed by atoms with Crippen LogP contribution in [-0.4, -0.2) is 128 Å². The van der Waals surface area contributed by atoms with Gasteiger partial charge in [0.15, 0.2) is 22.7 Å². The average Bonchev–Trinajstić information content (AvgIpc) is 1.57. The van der Waals surface area contributed by atoms with Crippen LogP contribution in [0, 0.1) is 64.2 Å². The van der Waals surface area contributed by atoms with Crippen LogP contribution in [0.2, 0.25) is 40.2 Å². The second-order valence-electron chi connectivity index (χ2n) is 34.8. The van der Waals surface area contributed by atoms with Crippen LogP contribution in [0.1, 0.15) is 228 Å². The quantitative estimate of drug-likeness (QED) is 0.0166. The molecule has 1 fully saturated rings. The van der Waals surface area contributed by atoms with E-state index in [1.807, 2.05) is 137 Å². The maximum Gasteiger partial charge on any atom is 0.340 e. The number of carbonyl (C=O) groups excluding carboxylic acids is 4. The normalized spacial score (nSPS) is 17.2. The van der Waals surface area contributed by atoms with Crippen LogP contribution in [0.15, 0.2) is 127 Å². The van der Waals surface area contributed by atoms with Crippen molar-refractivity contribution in [3.05, 3.63) is 273 Å². The Kier molecular flexibility index (Phi) is 34.0. The van der Waals surface area contributed by atoms with Gasteiger partial charge in [0.1, 0.15) is 28.6 Å². The standard InChI is InChI=1S/C61H62Cl4N3O9P.C41H48Cl4N3O6P/c1-35(2)68(36(3)4)78(74-27-13-26-66)77-47-29-44(34-73-60(41-14-11-10-12-15-41,42-17-21-45(71-8)22-18-42)43-19-23-46(72-9)24-20-43)67(33-47)55(69)25-16-40-28-50-58(56(65)39(40)7)75-57-38(6)37(5)52(62)32-51(57)61(50)49-31-54(64)53(63)30-48(49)59(70)76-61;1-23(2)48(24(3)4)55(52-18-12-15-46)51-17-11-9-8-10-16-47-36(49)14-13-28-19-31-39(37(45)27(28)7)53-38-26(6)25(5)33(42)22-32(38)41(31)30-21-35(44)34(43)20-29(30)40(50)54-41/h10-12,14-15,17-24,28,30-32,35-36,44,47H,13,16,25,27,29,33-34H2,1-9H3;19-24H,8-14,16-18H2,1-7H3,(H,47,49)/t44?,47-,61?,78?;/m1./s1. The first-order chi connectivity index (χ1) is 63.5. The fourth-order valence-electron chi connectivity index (χ4n) is 18.2. The predicted octanol–water partition coefficient (Wildman–Crippen LogP) is 26.7. The number of benzene rings is 9. The number of nitriles is 2. The molecule has 0 bridgehead atoms. The number of hydrogen-bond donors (Lipinski definition) is 1. The maximum absolute atomic E-state index is 15.3. The van der Waals surface area contributed by atoms with E-state index < -0.39 is 57.9 Å². The van der Waals surface area contributed by atoms with Crippen LogP contribution < -0.4 is 24.3 Å². The molecular weight excluding hydrogens is 1890 g/mol. The number of methoxy groups -OCH3 is 2. The summed E-state index contributed by atoms with van der Waals surface area (Å²) in [5.74, 6) is 1.61. The Hall–Kier alpha value is -8.06. The third-order valence-electron chi connectivity index (χ3n) is 25.2. The van der Waals surface area contributed by atoms with Crippen molar-refractivity contribution in [1.29, 1.82) is 10.5 Å². The summed E-state index contributed by atoms with van der Waals surface area (Å²) in [4.78, 5) is 57.8. The van der Waals surface area contributed by atoms with Gasteiger partial charge in [-0.05, 0) is 263 Å². The Morgan fingerprint density at radius 3 is 1.38 bits per heavy atom. The summed E-state index contributed by atoms with van der Waals surface area (Å²) in [6.07, 6.45) is 5.03. The van der Waals surface area contributed by atoms with E-state index in [1.54, 1.807) is 38.5 Å². The van der Waals surface area contributed by atoms with Crippen molar-refractivity contribution in [1.82, 2.24) is 19.6 Å². The van der Waals surface area contributed by atoms with Gasteiger partial charge in [-0.15, -0.1) is 0 Å². The third kappa shape index (κ3) is 20.9. The molecule has 1 saturated heterocycles. The molecule has 31 heteroatoms. The highest BCUT2D eigenvalue weighted by Gasteiger charge is 2.58. The van der Waals surface area contributed by atoms with Crippen molar-refractivity contribution in [2.24, 2.45) is 0 Å². The van der Waals surface area contributed by atoms with Gasteiger partial charge in [-0.25, -0.2) is 18.9 Å². The summed E-state index contributed by atoms with van der Waals surface area (Å²) >= 11 is 54.3. The fourth-order valence-corrected chi connectivity index (χ4v) is 23.2. The van der Waals surface area contributed by atoms with Crippen LogP contribution in [0.25, 0.3) is 0 Å². The van der Waals surface area contributed by atoms with Crippen molar-refractivity contribution < 1.29 is 70.4 Å². The molecule has 2 amide bonds. The van der Waals surface area contributed by atoms with Crippen molar-refractivity contribution in [2.45, 2.75) is 221 Å². The molecule has 2 spiro atoms. The lowest BCUT2D eigenvalue weighted by molar-refractivity contribution is -0.134. The van der Waals surface area contributed by atoms with Crippen LogP contribution in [0.3, 0.4) is 0 Å². The summed E-state index contributed by atoms with van der Waals surface area (Å²) < 4.78 is 74.8. The average molecular weight is 2010 g/mol. The van der Waals surface area contributed by atoms with Gasteiger partial charge >= 0.3 is 11.9 Å². The molecule has 0 saturated carbocycles. The highest BCUT2D eigenvalue weighted by Crippen LogP contribution is 2.64. The van der Waals surface area contributed by atoms with E-state index >= 15 is 4.79 Å². The summed E-state index contributed by atoms with van der Waals surface area (Å²) in [5.41, 5.74) is 8.01. The topological polar surface area (TPSA) is 239 Å². The summed E-state index contributed by atoms with van der Waals surface area (Å²) in [6, 6.07) is 43.8. The van der Waals surface area contributed by atoms with Gasteiger partial charge < -0.3 is 61.5 Å². The van der Waals surface area contributed by atoms with E-state index in [1.165, 1.54) is 12.1 Å². The van der Waals surface area contributed by atoms with E-state index in [9.17, 15) is 19.6 Å². The Balaban J connectivity index is 0.000000240. The first-order valence-electron chi connectivity index (χ1n) is 44.6. The molecule has 5 aliphatic heterocycles. The first kappa shape index (κ1) is 102. The lowest BCUT2D eigenvalue weighted by Crippen LogP contribution is -2.42. The van der Waals surface area contributed by atoms with Gasteiger partial charge in [-0.3, -0.25) is 9.59 Å². The number of halogens is 8. The highest BCUT2D eigenvalue weighted by atomic mass is 35.5. The second kappa shape index (κ2) is 44.2. The largest absolute Gasteiger partial charge is 0.497 e.